The fraction of sp³-hybridized carbons (Fsp3) is 0.600. The van der Waals surface area contributed by atoms with E-state index in [9.17, 15) is 5.11 Å². The lowest BCUT2D eigenvalue weighted by Gasteiger charge is -2.31. The molecule has 1 heterocycles. The smallest absolute Gasteiger partial charge is 0.160 e. The zero-order valence-corrected chi connectivity index (χ0v) is 16.0. The normalized spacial score (nSPS) is 14.7. The van der Waals surface area contributed by atoms with Crippen molar-refractivity contribution in [1.29, 1.82) is 0 Å². The third-order valence-corrected chi connectivity index (χ3v) is 4.10. The summed E-state index contributed by atoms with van der Waals surface area (Å²) in [5.74, 6) is -0.252. The van der Waals surface area contributed by atoms with Gasteiger partial charge in [-0.1, -0.05) is 56.3 Å². The molecule has 0 spiro atoms. The number of hydrogen-bond acceptors (Lipinski definition) is 4. The fourth-order valence-corrected chi connectivity index (χ4v) is 3.11. The van der Waals surface area contributed by atoms with Crippen molar-refractivity contribution in [3.05, 3.63) is 47.8 Å². The van der Waals surface area contributed by atoms with Gasteiger partial charge in [0.2, 0.25) is 0 Å². The molecule has 2 aromatic rings. The SMILES string of the molecule is CC(C)CC(C)C(Cc1cn(Cc2ccccc2)nn1)OC(C)(C)O. The minimum atomic E-state index is -1.16. The summed E-state index contributed by atoms with van der Waals surface area (Å²) in [7, 11) is 0. The highest BCUT2D eigenvalue weighted by atomic mass is 16.6. The lowest BCUT2D eigenvalue weighted by atomic mass is 9.91. The van der Waals surface area contributed by atoms with Gasteiger partial charge in [0.25, 0.3) is 0 Å². The van der Waals surface area contributed by atoms with Crippen LogP contribution in [0.5, 0.6) is 0 Å². The average molecular weight is 345 g/mol. The van der Waals surface area contributed by atoms with Gasteiger partial charge < -0.3 is 9.84 Å². The number of rotatable bonds is 9. The third kappa shape index (κ3) is 6.96. The monoisotopic (exact) mass is 345 g/mol. The van der Waals surface area contributed by atoms with E-state index >= 15 is 0 Å². The molecule has 25 heavy (non-hydrogen) atoms. The average Bonchev–Trinajstić information content (AvgIpc) is 2.92. The number of hydrogen-bond donors (Lipinski definition) is 1. The Morgan fingerprint density at radius 1 is 1.16 bits per heavy atom. The van der Waals surface area contributed by atoms with Crippen LogP contribution in [0.15, 0.2) is 36.5 Å². The summed E-state index contributed by atoms with van der Waals surface area (Å²) in [5.41, 5.74) is 2.08. The topological polar surface area (TPSA) is 60.2 Å². The van der Waals surface area contributed by atoms with Crippen LogP contribution < -0.4 is 0 Å². The van der Waals surface area contributed by atoms with E-state index in [1.54, 1.807) is 13.8 Å². The van der Waals surface area contributed by atoms with Crippen molar-refractivity contribution >= 4 is 0 Å². The quantitative estimate of drug-likeness (QED) is 0.705. The Balaban J connectivity index is 2.05. The van der Waals surface area contributed by atoms with Crippen LogP contribution in [0.25, 0.3) is 0 Å². The summed E-state index contributed by atoms with van der Waals surface area (Å²) >= 11 is 0. The van der Waals surface area contributed by atoms with Crippen LogP contribution in [-0.2, 0) is 17.7 Å². The lowest BCUT2D eigenvalue weighted by Crippen LogP contribution is -2.36. The lowest BCUT2D eigenvalue weighted by molar-refractivity contribution is -0.216. The van der Waals surface area contributed by atoms with Crippen molar-refractivity contribution in [3.63, 3.8) is 0 Å². The second kappa shape index (κ2) is 8.59. The summed E-state index contributed by atoms with van der Waals surface area (Å²) in [6.07, 6.45) is 3.56. The highest BCUT2D eigenvalue weighted by Gasteiger charge is 2.27. The molecule has 1 aromatic heterocycles. The largest absolute Gasteiger partial charge is 0.366 e. The molecule has 0 aliphatic rings. The molecule has 138 valence electrons. The fourth-order valence-electron chi connectivity index (χ4n) is 3.11. The molecule has 1 aromatic carbocycles. The van der Waals surface area contributed by atoms with Crippen molar-refractivity contribution in [1.82, 2.24) is 15.0 Å². The Labute approximate surface area is 151 Å². The van der Waals surface area contributed by atoms with Crippen LogP contribution in [0.3, 0.4) is 0 Å². The van der Waals surface area contributed by atoms with Gasteiger partial charge >= 0.3 is 0 Å². The maximum absolute atomic E-state index is 10.1. The van der Waals surface area contributed by atoms with Crippen molar-refractivity contribution in [3.8, 4) is 0 Å². The maximum Gasteiger partial charge on any atom is 0.160 e. The van der Waals surface area contributed by atoms with Gasteiger partial charge in [0, 0.05) is 12.6 Å². The van der Waals surface area contributed by atoms with Gasteiger partial charge in [-0.05, 0) is 37.7 Å². The maximum atomic E-state index is 10.1. The Morgan fingerprint density at radius 2 is 1.84 bits per heavy atom. The van der Waals surface area contributed by atoms with E-state index in [0.717, 1.165) is 12.1 Å². The molecule has 0 saturated carbocycles. The molecule has 2 unspecified atom stereocenters. The molecule has 0 fully saturated rings. The summed E-state index contributed by atoms with van der Waals surface area (Å²) in [5, 5.41) is 18.6. The van der Waals surface area contributed by atoms with E-state index in [2.05, 4.69) is 43.2 Å². The number of nitrogens with zero attached hydrogens (tertiary/aromatic N) is 3. The first kappa shape index (κ1) is 19.6. The van der Waals surface area contributed by atoms with Crippen LogP contribution in [0.4, 0.5) is 0 Å². The molecule has 1 N–H and O–H groups in total. The molecule has 0 saturated heterocycles. The van der Waals surface area contributed by atoms with Crippen LogP contribution in [0, 0.1) is 11.8 Å². The molecule has 2 rings (SSSR count). The summed E-state index contributed by atoms with van der Waals surface area (Å²) < 4.78 is 7.76. The van der Waals surface area contributed by atoms with Crippen molar-refractivity contribution < 1.29 is 9.84 Å². The minimum Gasteiger partial charge on any atom is -0.366 e. The molecule has 0 bridgehead atoms. The molecule has 0 radical (unpaired) electrons. The number of aliphatic hydroxyl groups is 1. The van der Waals surface area contributed by atoms with Crippen LogP contribution in [0.2, 0.25) is 0 Å². The van der Waals surface area contributed by atoms with Gasteiger partial charge in [0.1, 0.15) is 0 Å². The number of benzene rings is 1. The Kier molecular flexibility index (Phi) is 6.73. The molecular formula is C20H31N3O2. The van der Waals surface area contributed by atoms with Gasteiger partial charge in [-0.25, -0.2) is 4.68 Å². The van der Waals surface area contributed by atoms with Crippen LogP contribution >= 0.6 is 0 Å². The third-order valence-electron chi connectivity index (χ3n) is 4.10. The standard InChI is InChI=1S/C20H31N3O2/c1-15(2)11-16(3)19(25-20(4,5)24)12-18-14-23(22-21-18)13-17-9-7-6-8-10-17/h6-10,14-16,19,24H,11-13H2,1-5H3. The Morgan fingerprint density at radius 3 is 2.44 bits per heavy atom. The van der Waals surface area contributed by atoms with E-state index in [1.807, 2.05) is 29.1 Å². The Bertz CT molecular complexity index is 632. The molecular weight excluding hydrogens is 314 g/mol. The predicted octanol–water partition coefficient (Wildman–Crippen LogP) is 3.66. The van der Waals surface area contributed by atoms with Gasteiger partial charge in [-0.3, -0.25) is 0 Å². The van der Waals surface area contributed by atoms with Crippen LogP contribution in [-0.4, -0.2) is 32.0 Å². The zero-order chi connectivity index (χ0) is 18.4. The molecule has 5 heteroatoms. The molecule has 5 nitrogen and oxygen atoms in total. The van der Waals surface area contributed by atoms with Crippen LogP contribution in [0.1, 0.15) is 52.3 Å². The summed E-state index contributed by atoms with van der Waals surface area (Å²) in [4.78, 5) is 0. The van der Waals surface area contributed by atoms with Gasteiger partial charge in [-0.2, -0.15) is 0 Å². The highest BCUT2D eigenvalue weighted by molar-refractivity contribution is 5.15. The molecule has 0 aliphatic carbocycles. The van der Waals surface area contributed by atoms with Crippen molar-refractivity contribution in [2.75, 3.05) is 0 Å². The molecule has 2 atom stereocenters. The van der Waals surface area contributed by atoms with E-state index in [0.29, 0.717) is 24.8 Å². The zero-order valence-electron chi connectivity index (χ0n) is 16.0. The summed E-state index contributed by atoms with van der Waals surface area (Å²) in [6, 6.07) is 10.2. The summed E-state index contributed by atoms with van der Waals surface area (Å²) in [6.45, 7) is 10.6. The highest BCUT2D eigenvalue weighted by Crippen LogP contribution is 2.24. The van der Waals surface area contributed by atoms with Crippen molar-refractivity contribution in [2.45, 2.75) is 65.9 Å². The van der Waals surface area contributed by atoms with E-state index in [1.165, 1.54) is 5.56 Å². The first-order chi connectivity index (χ1) is 11.7. The molecule has 0 aliphatic heterocycles. The number of ether oxygens (including phenoxy) is 1. The Hall–Kier alpha value is -1.72. The van der Waals surface area contributed by atoms with E-state index in [-0.39, 0.29) is 6.10 Å². The predicted molar refractivity (Wildman–Crippen MR) is 99.1 cm³/mol. The first-order valence-corrected chi connectivity index (χ1v) is 9.06. The first-order valence-electron chi connectivity index (χ1n) is 9.06. The second-order valence-corrected chi connectivity index (χ2v) is 7.81. The molecule has 0 amide bonds. The van der Waals surface area contributed by atoms with E-state index < -0.39 is 5.79 Å². The van der Waals surface area contributed by atoms with E-state index in [4.69, 9.17) is 4.74 Å². The number of aromatic nitrogens is 3. The minimum absolute atomic E-state index is 0.0933. The van der Waals surface area contributed by atoms with Crippen molar-refractivity contribution in [2.24, 2.45) is 11.8 Å². The van der Waals surface area contributed by atoms with Gasteiger partial charge in [0.15, 0.2) is 5.79 Å². The second-order valence-electron chi connectivity index (χ2n) is 7.81. The van der Waals surface area contributed by atoms with Gasteiger partial charge in [0.05, 0.1) is 18.3 Å². The van der Waals surface area contributed by atoms with Gasteiger partial charge in [-0.15, -0.1) is 5.10 Å².